The maximum absolute atomic E-state index is 10.9. The lowest BCUT2D eigenvalue weighted by Crippen LogP contribution is -2.41. The van der Waals surface area contributed by atoms with Crippen molar-refractivity contribution >= 4 is 17.3 Å². The fraction of sp³-hybridized carbons (Fsp3) is 0.583. The summed E-state index contributed by atoms with van der Waals surface area (Å²) in [5, 5.41) is 23.8. The second-order valence-electron chi connectivity index (χ2n) is 4.42. The number of aliphatic hydroxyl groups excluding tert-OH is 1. The number of hydrogen-bond donors (Lipinski definition) is 3. The van der Waals surface area contributed by atoms with Gasteiger partial charge in [-0.1, -0.05) is 12.8 Å². The van der Waals surface area contributed by atoms with Crippen molar-refractivity contribution in [3.05, 3.63) is 21.9 Å². The predicted octanol–water partition coefficient (Wildman–Crippen LogP) is 1.84. The predicted molar refractivity (Wildman–Crippen MR) is 66.4 cm³/mol. The molecule has 0 saturated heterocycles. The highest BCUT2D eigenvalue weighted by molar-refractivity contribution is 7.12. The molecule has 4 nitrogen and oxygen atoms in total. The van der Waals surface area contributed by atoms with Crippen LogP contribution in [0, 0.1) is 0 Å². The van der Waals surface area contributed by atoms with Gasteiger partial charge >= 0.3 is 5.97 Å². The van der Waals surface area contributed by atoms with Crippen LogP contribution in [0.5, 0.6) is 0 Å². The van der Waals surface area contributed by atoms with Crippen LogP contribution in [0.4, 0.5) is 0 Å². The van der Waals surface area contributed by atoms with Gasteiger partial charge in [-0.25, -0.2) is 4.79 Å². The fourth-order valence-corrected chi connectivity index (χ4v) is 3.01. The first-order valence-corrected chi connectivity index (χ1v) is 6.77. The molecule has 0 aliphatic heterocycles. The summed E-state index contributed by atoms with van der Waals surface area (Å²) in [6, 6.07) is 1.93. The van der Waals surface area contributed by atoms with Crippen LogP contribution in [0.2, 0.25) is 0 Å². The van der Waals surface area contributed by atoms with E-state index in [0.29, 0.717) is 11.4 Å². The first-order valence-electron chi connectivity index (χ1n) is 5.89. The van der Waals surface area contributed by atoms with Crippen LogP contribution in [0.15, 0.2) is 11.4 Å². The first-order chi connectivity index (χ1) is 8.18. The van der Waals surface area contributed by atoms with Gasteiger partial charge in [0, 0.05) is 12.6 Å². The molecule has 1 aliphatic rings. The Kier molecular flexibility index (Phi) is 4.15. The van der Waals surface area contributed by atoms with E-state index in [0.717, 1.165) is 31.2 Å². The Labute approximate surface area is 104 Å². The van der Waals surface area contributed by atoms with Gasteiger partial charge in [0.15, 0.2) is 0 Å². The Morgan fingerprint density at radius 2 is 2.24 bits per heavy atom. The van der Waals surface area contributed by atoms with E-state index < -0.39 is 5.97 Å². The number of nitrogens with one attached hydrogen (secondary N) is 1. The molecule has 3 N–H and O–H groups in total. The molecule has 1 fully saturated rings. The average Bonchev–Trinajstić information content (AvgIpc) is 2.76. The summed E-state index contributed by atoms with van der Waals surface area (Å²) in [7, 11) is 0. The Morgan fingerprint density at radius 3 is 2.94 bits per heavy atom. The largest absolute Gasteiger partial charge is 0.477 e. The van der Waals surface area contributed by atoms with Gasteiger partial charge in [0.05, 0.1) is 6.10 Å². The molecule has 2 unspecified atom stereocenters. The molecule has 1 aliphatic carbocycles. The Bertz CT molecular complexity index is 391. The van der Waals surface area contributed by atoms with Crippen LogP contribution < -0.4 is 5.32 Å². The monoisotopic (exact) mass is 255 g/mol. The third kappa shape index (κ3) is 3.06. The fourth-order valence-electron chi connectivity index (χ4n) is 2.25. The highest BCUT2D eigenvalue weighted by Gasteiger charge is 2.23. The molecular formula is C12H17NO3S. The van der Waals surface area contributed by atoms with Crippen molar-refractivity contribution < 1.29 is 15.0 Å². The van der Waals surface area contributed by atoms with E-state index in [1.807, 2.05) is 6.07 Å². The Hall–Kier alpha value is -0.910. The van der Waals surface area contributed by atoms with Crippen molar-refractivity contribution in [2.24, 2.45) is 0 Å². The molecule has 0 aromatic carbocycles. The van der Waals surface area contributed by atoms with E-state index in [9.17, 15) is 9.90 Å². The van der Waals surface area contributed by atoms with Crippen molar-refractivity contribution in [2.75, 3.05) is 0 Å². The molecule has 1 aromatic rings. The van der Waals surface area contributed by atoms with Gasteiger partial charge < -0.3 is 15.5 Å². The Morgan fingerprint density at radius 1 is 1.47 bits per heavy atom. The highest BCUT2D eigenvalue weighted by atomic mass is 32.1. The second kappa shape index (κ2) is 5.62. The quantitative estimate of drug-likeness (QED) is 0.768. The number of thiophene rings is 1. The molecule has 1 heterocycles. The van der Waals surface area contributed by atoms with Gasteiger partial charge in [0.25, 0.3) is 0 Å². The number of carboxylic acid groups (broad SMARTS) is 1. The third-order valence-corrected chi connectivity index (χ3v) is 4.17. The van der Waals surface area contributed by atoms with E-state index in [1.165, 1.54) is 11.3 Å². The van der Waals surface area contributed by atoms with Gasteiger partial charge in [-0.15, -0.1) is 11.3 Å². The van der Waals surface area contributed by atoms with Crippen molar-refractivity contribution in [3.63, 3.8) is 0 Å². The highest BCUT2D eigenvalue weighted by Crippen LogP contribution is 2.20. The maximum Gasteiger partial charge on any atom is 0.346 e. The van der Waals surface area contributed by atoms with Gasteiger partial charge in [0.1, 0.15) is 4.88 Å². The minimum atomic E-state index is -0.874. The minimum absolute atomic E-state index is 0.102. The first kappa shape index (κ1) is 12.5. The molecule has 0 radical (unpaired) electrons. The number of aromatic carboxylic acids is 1. The lowest BCUT2D eigenvalue weighted by molar-refractivity contribution is 0.0700. The van der Waals surface area contributed by atoms with E-state index >= 15 is 0 Å². The van der Waals surface area contributed by atoms with E-state index in [2.05, 4.69) is 5.32 Å². The number of hydrogen-bond acceptors (Lipinski definition) is 4. The Balaban J connectivity index is 1.92. The summed E-state index contributed by atoms with van der Waals surface area (Å²) in [4.78, 5) is 11.3. The second-order valence-corrected chi connectivity index (χ2v) is 5.34. The van der Waals surface area contributed by atoms with Crippen LogP contribution in [-0.4, -0.2) is 28.3 Å². The SMILES string of the molecule is O=C(O)c1sccc1CNC1CCCCC1O. The van der Waals surface area contributed by atoms with E-state index in [-0.39, 0.29) is 12.1 Å². The van der Waals surface area contributed by atoms with Crippen LogP contribution in [-0.2, 0) is 6.54 Å². The number of aliphatic hydroxyl groups is 1. The number of rotatable bonds is 4. The normalized spacial score (nSPS) is 24.8. The standard InChI is InChI=1S/C12H17NO3S/c14-10-4-2-1-3-9(10)13-7-8-5-6-17-11(8)12(15)16/h5-6,9-10,13-14H,1-4,7H2,(H,15,16). The van der Waals surface area contributed by atoms with Gasteiger partial charge in [-0.2, -0.15) is 0 Å². The maximum atomic E-state index is 10.9. The van der Waals surface area contributed by atoms with Crippen molar-refractivity contribution in [2.45, 2.75) is 44.4 Å². The molecule has 2 atom stereocenters. The summed E-state index contributed by atoms with van der Waals surface area (Å²) in [5.74, 6) is -0.874. The van der Waals surface area contributed by atoms with Crippen LogP contribution in [0.3, 0.4) is 0 Å². The van der Waals surface area contributed by atoms with Crippen LogP contribution in [0.1, 0.15) is 40.9 Å². The summed E-state index contributed by atoms with van der Waals surface area (Å²) in [5.41, 5.74) is 0.806. The molecule has 5 heteroatoms. The molecule has 17 heavy (non-hydrogen) atoms. The van der Waals surface area contributed by atoms with Crippen LogP contribution in [0.25, 0.3) is 0 Å². The average molecular weight is 255 g/mol. The number of carbonyl (C=O) groups is 1. The van der Waals surface area contributed by atoms with Gasteiger partial charge in [0.2, 0.25) is 0 Å². The molecule has 0 spiro atoms. The summed E-state index contributed by atoms with van der Waals surface area (Å²) in [6.45, 7) is 0.521. The van der Waals surface area contributed by atoms with Gasteiger partial charge in [-0.05, 0) is 29.9 Å². The number of carboxylic acids is 1. The van der Waals surface area contributed by atoms with Crippen molar-refractivity contribution in [3.8, 4) is 0 Å². The van der Waals surface area contributed by atoms with E-state index in [4.69, 9.17) is 5.11 Å². The lowest BCUT2D eigenvalue weighted by Gasteiger charge is -2.28. The zero-order valence-corrected chi connectivity index (χ0v) is 10.4. The molecule has 2 rings (SSSR count). The molecule has 0 amide bonds. The molecule has 1 aromatic heterocycles. The third-order valence-electron chi connectivity index (χ3n) is 3.23. The minimum Gasteiger partial charge on any atom is -0.477 e. The van der Waals surface area contributed by atoms with E-state index in [1.54, 1.807) is 5.38 Å². The summed E-state index contributed by atoms with van der Waals surface area (Å²) >= 11 is 1.24. The van der Waals surface area contributed by atoms with Crippen LogP contribution >= 0.6 is 11.3 Å². The lowest BCUT2D eigenvalue weighted by atomic mass is 9.92. The van der Waals surface area contributed by atoms with Gasteiger partial charge in [-0.3, -0.25) is 0 Å². The zero-order valence-electron chi connectivity index (χ0n) is 9.56. The van der Waals surface area contributed by atoms with Crippen molar-refractivity contribution in [1.29, 1.82) is 0 Å². The zero-order chi connectivity index (χ0) is 12.3. The molecule has 94 valence electrons. The topological polar surface area (TPSA) is 69.6 Å². The summed E-state index contributed by atoms with van der Waals surface area (Å²) in [6.07, 6.45) is 3.72. The molecular weight excluding hydrogens is 238 g/mol. The van der Waals surface area contributed by atoms with Crippen molar-refractivity contribution in [1.82, 2.24) is 5.32 Å². The molecule has 0 bridgehead atoms. The molecule has 1 saturated carbocycles. The smallest absolute Gasteiger partial charge is 0.346 e. The summed E-state index contributed by atoms with van der Waals surface area (Å²) < 4.78 is 0.